The van der Waals surface area contributed by atoms with Crippen LogP contribution >= 0.6 is 0 Å². The predicted octanol–water partition coefficient (Wildman–Crippen LogP) is 1.83. The monoisotopic (exact) mass is 236 g/mol. The Balaban J connectivity index is 2.64. The Morgan fingerprint density at radius 3 is 2.18 bits per heavy atom. The topological polar surface area (TPSA) is 55.6 Å². The van der Waals surface area contributed by atoms with Gasteiger partial charge in [0, 0.05) is 6.54 Å². The summed E-state index contributed by atoms with van der Waals surface area (Å²) in [5, 5.41) is 1.30. The molecule has 1 aromatic rings. The fraction of sp³-hybridized carbons (Fsp3) is 0.462. The molecule has 0 spiro atoms. The van der Waals surface area contributed by atoms with Crippen LogP contribution in [-0.2, 0) is 22.7 Å². The molecule has 94 valence electrons. The first kappa shape index (κ1) is 13.7. The molecule has 0 bridgehead atoms. The van der Waals surface area contributed by atoms with Crippen LogP contribution in [0, 0.1) is 0 Å². The normalized spacial score (nSPS) is 11.3. The number of nitrogens with two attached hydrogens (primary N) is 1. The Kier molecular flexibility index (Phi) is 4.66. The summed E-state index contributed by atoms with van der Waals surface area (Å²) in [6.45, 7) is 6.67. The van der Waals surface area contributed by atoms with Gasteiger partial charge in [-0.05, 0) is 31.9 Å². The molecule has 0 aliphatic carbocycles. The number of amides is 1. The van der Waals surface area contributed by atoms with Crippen molar-refractivity contribution < 1.29 is 9.63 Å². The lowest BCUT2D eigenvalue weighted by molar-refractivity contribution is -0.220. The van der Waals surface area contributed by atoms with Crippen molar-refractivity contribution in [3.8, 4) is 0 Å². The summed E-state index contributed by atoms with van der Waals surface area (Å²) in [7, 11) is 0. The molecule has 0 aromatic heterocycles. The van der Waals surface area contributed by atoms with E-state index in [0.717, 1.165) is 11.1 Å². The first-order valence-corrected chi connectivity index (χ1v) is 5.63. The van der Waals surface area contributed by atoms with Gasteiger partial charge in [0.1, 0.15) is 0 Å². The third-order valence-corrected chi connectivity index (χ3v) is 2.11. The van der Waals surface area contributed by atoms with Crippen LogP contribution in [0.25, 0.3) is 0 Å². The average molecular weight is 236 g/mol. The highest BCUT2D eigenvalue weighted by Crippen LogP contribution is 2.12. The molecule has 1 aromatic carbocycles. The molecule has 1 amide bonds. The SMILES string of the molecule is CC(C)(C)ON(C=O)Cc1ccc(CN)cc1. The molecule has 17 heavy (non-hydrogen) atoms. The molecule has 0 unspecified atom stereocenters. The highest BCUT2D eigenvalue weighted by Gasteiger charge is 2.16. The van der Waals surface area contributed by atoms with Crippen LogP contribution in [0.1, 0.15) is 31.9 Å². The molecule has 0 radical (unpaired) electrons. The molecule has 0 heterocycles. The fourth-order valence-electron chi connectivity index (χ4n) is 1.40. The van der Waals surface area contributed by atoms with Gasteiger partial charge in [-0.25, -0.2) is 5.06 Å². The van der Waals surface area contributed by atoms with Gasteiger partial charge in [-0.2, -0.15) is 0 Å². The molecule has 4 nitrogen and oxygen atoms in total. The number of rotatable bonds is 5. The molecule has 0 atom stereocenters. The Morgan fingerprint density at radius 2 is 1.76 bits per heavy atom. The van der Waals surface area contributed by atoms with Gasteiger partial charge in [-0.3, -0.25) is 9.63 Å². The van der Waals surface area contributed by atoms with E-state index in [1.165, 1.54) is 5.06 Å². The van der Waals surface area contributed by atoms with Crippen LogP contribution < -0.4 is 5.73 Å². The number of carbonyl (C=O) groups excluding carboxylic acids is 1. The van der Waals surface area contributed by atoms with Gasteiger partial charge in [0.05, 0.1) is 12.1 Å². The Bertz CT molecular complexity index is 355. The van der Waals surface area contributed by atoms with Crippen molar-refractivity contribution in [3.63, 3.8) is 0 Å². The minimum Gasteiger partial charge on any atom is -0.326 e. The third-order valence-electron chi connectivity index (χ3n) is 2.11. The van der Waals surface area contributed by atoms with Gasteiger partial charge in [-0.1, -0.05) is 24.3 Å². The third kappa shape index (κ3) is 4.97. The lowest BCUT2D eigenvalue weighted by Crippen LogP contribution is -2.32. The van der Waals surface area contributed by atoms with E-state index in [-0.39, 0.29) is 5.60 Å². The molecular formula is C13H20N2O2. The summed E-state index contributed by atoms with van der Waals surface area (Å²) in [6.07, 6.45) is 0.697. The van der Waals surface area contributed by atoms with E-state index in [1.807, 2.05) is 45.0 Å². The minimum absolute atomic E-state index is 0.377. The molecule has 1 rings (SSSR count). The number of hydrogen-bond donors (Lipinski definition) is 1. The summed E-state index contributed by atoms with van der Waals surface area (Å²) in [5.41, 5.74) is 7.23. The number of carbonyl (C=O) groups is 1. The fourth-order valence-corrected chi connectivity index (χ4v) is 1.40. The van der Waals surface area contributed by atoms with Crippen LogP contribution in [0.2, 0.25) is 0 Å². The van der Waals surface area contributed by atoms with Crippen LogP contribution in [-0.4, -0.2) is 17.1 Å². The molecule has 4 heteroatoms. The second-order valence-electron chi connectivity index (χ2n) is 4.90. The van der Waals surface area contributed by atoms with E-state index in [2.05, 4.69) is 0 Å². The van der Waals surface area contributed by atoms with Gasteiger partial charge in [0.15, 0.2) is 0 Å². The largest absolute Gasteiger partial charge is 0.326 e. The standard InChI is InChI=1S/C13H20N2O2/c1-13(2,3)17-15(10-16)9-12-6-4-11(8-14)5-7-12/h4-7,10H,8-9,14H2,1-3H3. The average Bonchev–Trinajstić information content (AvgIpc) is 2.27. The minimum atomic E-state index is -0.377. The van der Waals surface area contributed by atoms with Gasteiger partial charge < -0.3 is 5.73 Å². The van der Waals surface area contributed by atoms with E-state index >= 15 is 0 Å². The second-order valence-corrected chi connectivity index (χ2v) is 4.90. The number of nitrogens with zero attached hydrogens (tertiary/aromatic N) is 1. The van der Waals surface area contributed by atoms with Crippen molar-refractivity contribution in [1.82, 2.24) is 5.06 Å². The molecular weight excluding hydrogens is 216 g/mol. The molecule has 0 aliphatic heterocycles. The van der Waals surface area contributed by atoms with E-state index in [0.29, 0.717) is 19.5 Å². The first-order chi connectivity index (χ1) is 7.94. The van der Waals surface area contributed by atoms with Crippen LogP contribution in [0.5, 0.6) is 0 Å². The highest BCUT2D eigenvalue weighted by molar-refractivity contribution is 5.45. The second kappa shape index (κ2) is 5.80. The van der Waals surface area contributed by atoms with Crippen molar-refractivity contribution in [3.05, 3.63) is 35.4 Å². The molecule has 0 fully saturated rings. The number of hydrogen-bond acceptors (Lipinski definition) is 3. The first-order valence-electron chi connectivity index (χ1n) is 5.63. The maximum Gasteiger partial charge on any atom is 0.233 e. The van der Waals surface area contributed by atoms with Crippen molar-refractivity contribution >= 4 is 6.41 Å². The smallest absolute Gasteiger partial charge is 0.233 e. The van der Waals surface area contributed by atoms with E-state index < -0.39 is 0 Å². The van der Waals surface area contributed by atoms with E-state index in [4.69, 9.17) is 10.6 Å². The summed E-state index contributed by atoms with van der Waals surface area (Å²) in [6, 6.07) is 7.81. The zero-order valence-electron chi connectivity index (χ0n) is 10.6. The maximum absolute atomic E-state index is 10.9. The highest BCUT2D eigenvalue weighted by atomic mass is 16.7. The van der Waals surface area contributed by atoms with E-state index in [9.17, 15) is 4.79 Å². The summed E-state index contributed by atoms with van der Waals surface area (Å²) in [5.74, 6) is 0. The molecule has 0 saturated carbocycles. The van der Waals surface area contributed by atoms with Gasteiger partial charge in [-0.15, -0.1) is 0 Å². The number of benzene rings is 1. The molecule has 2 N–H and O–H groups in total. The van der Waals surface area contributed by atoms with Crippen molar-refractivity contribution in [2.45, 2.75) is 39.5 Å². The van der Waals surface area contributed by atoms with E-state index in [1.54, 1.807) is 0 Å². The van der Waals surface area contributed by atoms with Gasteiger partial charge >= 0.3 is 0 Å². The lowest BCUT2D eigenvalue weighted by Gasteiger charge is -2.26. The summed E-state index contributed by atoms with van der Waals surface area (Å²) in [4.78, 5) is 16.4. The van der Waals surface area contributed by atoms with Crippen molar-refractivity contribution in [1.29, 1.82) is 0 Å². The Hall–Kier alpha value is -1.39. The van der Waals surface area contributed by atoms with Crippen LogP contribution in [0.3, 0.4) is 0 Å². The quantitative estimate of drug-likeness (QED) is 0.627. The number of hydroxylamine groups is 2. The summed E-state index contributed by atoms with van der Waals surface area (Å²) >= 11 is 0. The zero-order valence-corrected chi connectivity index (χ0v) is 10.6. The Morgan fingerprint density at radius 1 is 1.24 bits per heavy atom. The molecule has 0 aliphatic rings. The van der Waals surface area contributed by atoms with Crippen LogP contribution in [0.15, 0.2) is 24.3 Å². The lowest BCUT2D eigenvalue weighted by atomic mass is 10.1. The molecule has 0 saturated heterocycles. The van der Waals surface area contributed by atoms with Crippen LogP contribution in [0.4, 0.5) is 0 Å². The van der Waals surface area contributed by atoms with Gasteiger partial charge in [0.25, 0.3) is 0 Å². The van der Waals surface area contributed by atoms with Crippen molar-refractivity contribution in [2.24, 2.45) is 5.73 Å². The van der Waals surface area contributed by atoms with Crippen molar-refractivity contribution in [2.75, 3.05) is 0 Å². The Labute approximate surface area is 102 Å². The summed E-state index contributed by atoms with van der Waals surface area (Å²) < 4.78 is 0. The maximum atomic E-state index is 10.9. The van der Waals surface area contributed by atoms with Gasteiger partial charge in [0.2, 0.25) is 6.41 Å². The zero-order chi connectivity index (χ0) is 12.9. The predicted molar refractivity (Wildman–Crippen MR) is 66.8 cm³/mol.